The first-order valence-electron chi connectivity index (χ1n) is 7.39. The van der Waals surface area contributed by atoms with Crippen LogP contribution in [0.2, 0.25) is 0 Å². The van der Waals surface area contributed by atoms with Crippen molar-refractivity contribution in [2.45, 2.75) is 27.2 Å². The van der Waals surface area contributed by atoms with E-state index in [1.54, 1.807) is 6.26 Å². The predicted molar refractivity (Wildman–Crippen MR) is 100 cm³/mol. The third kappa shape index (κ3) is 5.49. The molecule has 2 nitrogen and oxygen atoms in total. The van der Waals surface area contributed by atoms with Crippen LogP contribution < -0.4 is 4.72 Å². The minimum atomic E-state index is -1.06. The topological polar surface area (TPSA) is 29.1 Å². The number of hydrogen-bond donors (Lipinski definition) is 1. The highest BCUT2D eigenvalue weighted by molar-refractivity contribution is 7.85. The largest absolute Gasteiger partial charge is 0.305 e. The fraction of sp³-hybridized carbons (Fsp3) is 0.263. The SMILES string of the molecule is C=C(C)C(/C=C/CC)=C(\C=CC)c1ccc(NS(C)=O)cc1. The Morgan fingerprint density at radius 3 is 2.36 bits per heavy atom. The van der Waals surface area contributed by atoms with E-state index in [2.05, 4.69) is 36.5 Å². The Morgan fingerprint density at radius 2 is 1.91 bits per heavy atom. The summed E-state index contributed by atoms with van der Waals surface area (Å²) in [5.41, 5.74) is 5.29. The van der Waals surface area contributed by atoms with E-state index >= 15 is 0 Å². The van der Waals surface area contributed by atoms with Gasteiger partial charge in [0.15, 0.2) is 0 Å². The van der Waals surface area contributed by atoms with Gasteiger partial charge in [-0.05, 0) is 49.1 Å². The Bertz CT molecular complexity index is 621. The van der Waals surface area contributed by atoms with Crippen LogP contribution in [0, 0.1) is 0 Å². The van der Waals surface area contributed by atoms with Gasteiger partial charge in [0.1, 0.15) is 11.0 Å². The van der Waals surface area contributed by atoms with Crippen LogP contribution in [0.15, 0.2) is 66.3 Å². The maximum Gasteiger partial charge on any atom is 0.113 e. The van der Waals surface area contributed by atoms with Crippen molar-refractivity contribution in [2.24, 2.45) is 0 Å². The van der Waals surface area contributed by atoms with Crippen molar-refractivity contribution in [3.05, 3.63) is 71.9 Å². The smallest absolute Gasteiger partial charge is 0.113 e. The molecule has 1 rings (SSSR count). The molecule has 0 aromatic heterocycles. The van der Waals surface area contributed by atoms with E-state index in [4.69, 9.17) is 0 Å². The maximum absolute atomic E-state index is 11.2. The van der Waals surface area contributed by atoms with Gasteiger partial charge < -0.3 is 4.72 Å². The lowest BCUT2D eigenvalue weighted by atomic mass is 9.94. The summed E-state index contributed by atoms with van der Waals surface area (Å²) in [6.45, 7) is 10.2. The molecule has 0 saturated carbocycles. The van der Waals surface area contributed by atoms with Gasteiger partial charge in [-0.1, -0.05) is 55.5 Å². The molecule has 3 heteroatoms. The Balaban J connectivity index is 3.32. The molecular formula is C19H25NOS. The molecular weight excluding hydrogens is 290 g/mol. The van der Waals surface area contributed by atoms with Crippen molar-refractivity contribution in [3.8, 4) is 0 Å². The van der Waals surface area contributed by atoms with Gasteiger partial charge in [-0.15, -0.1) is 0 Å². The van der Waals surface area contributed by atoms with Gasteiger partial charge in [-0.25, -0.2) is 4.21 Å². The van der Waals surface area contributed by atoms with E-state index in [1.165, 1.54) is 0 Å². The van der Waals surface area contributed by atoms with Crippen molar-refractivity contribution in [1.29, 1.82) is 0 Å². The monoisotopic (exact) mass is 315 g/mol. The Hall–Kier alpha value is -1.87. The first-order chi connectivity index (χ1) is 10.5. The van der Waals surface area contributed by atoms with Crippen LogP contribution in [0.5, 0.6) is 0 Å². The lowest BCUT2D eigenvalue weighted by molar-refractivity contribution is 0.690. The van der Waals surface area contributed by atoms with E-state index in [9.17, 15) is 4.21 Å². The zero-order chi connectivity index (χ0) is 16.5. The molecule has 1 aromatic rings. The zero-order valence-corrected chi connectivity index (χ0v) is 14.7. The molecule has 0 amide bonds. The molecule has 0 aliphatic heterocycles. The third-order valence-corrected chi connectivity index (χ3v) is 3.58. The Morgan fingerprint density at radius 1 is 1.27 bits per heavy atom. The number of benzene rings is 1. The number of nitrogens with one attached hydrogen (secondary N) is 1. The number of allylic oxidation sites excluding steroid dienone is 7. The highest BCUT2D eigenvalue weighted by Gasteiger charge is 2.06. The van der Waals surface area contributed by atoms with Crippen molar-refractivity contribution >= 4 is 22.2 Å². The molecule has 22 heavy (non-hydrogen) atoms. The minimum Gasteiger partial charge on any atom is -0.305 e. The number of anilines is 1. The summed E-state index contributed by atoms with van der Waals surface area (Å²) in [6.07, 6.45) is 11.0. The average molecular weight is 315 g/mol. The van der Waals surface area contributed by atoms with Gasteiger partial charge in [-0.3, -0.25) is 0 Å². The van der Waals surface area contributed by atoms with E-state index in [1.807, 2.05) is 44.2 Å². The molecule has 0 spiro atoms. The van der Waals surface area contributed by atoms with Gasteiger partial charge in [-0.2, -0.15) is 0 Å². The van der Waals surface area contributed by atoms with Crippen LogP contribution in [0.3, 0.4) is 0 Å². The second kappa shape index (κ2) is 9.21. The fourth-order valence-corrected chi connectivity index (χ4v) is 2.56. The second-order valence-electron chi connectivity index (χ2n) is 5.05. The van der Waals surface area contributed by atoms with Gasteiger partial charge in [0, 0.05) is 11.9 Å². The van der Waals surface area contributed by atoms with E-state index in [-0.39, 0.29) is 0 Å². The van der Waals surface area contributed by atoms with Crippen molar-refractivity contribution in [3.63, 3.8) is 0 Å². The Kier molecular flexibility index (Phi) is 7.61. The van der Waals surface area contributed by atoms with Crippen LogP contribution in [-0.2, 0) is 11.0 Å². The number of hydrogen-bond acceptors (Lipinski definition) is 1. The van der Waals surface area contributed by atoms with Gasteiger partial charge in [0.05, 0.1) is 0 Å². The number of rotatable bonds is 7. The van der Waals surface area contributed by atoms with Crippen LogP contribution in [0.25, 0.3) is 5.57 Å². The normalized spacial score (nSPS) is 14.2. The third-order valence-electron chi connectivity index (χ3n) is 3.06. The summed E-state index contributed by atoms with van der Waals surface area (Å²) < 4.78 is 14.1. The molecule has 0 aliphatic carbocycles. The highest BCUT2D eigenvalue weighted by atomic mass is 32.2. The minimum absolute atomic E-state index is 0.852. The predicted octanol–water partition coefficient (Wildman–Crippen LogP) is 5.26. The molecule has 0 aliphatic rings. The molecule has 0 fully saturated rings. The van der Waals surface area contributed by atoms with Crippen molar-refractivity contribution in [1.82, 2.24) is 0 Å². The summed E-state index contributed by atoms with van der Waals surface area (Å²) in [6, 6.07) is 7.96. The first-order valence-corrected chi connectivity index (χ1v) is 8.95. The molecule has 1 atom stereocenters. The summed E-state index contributed by atoms with van der Waals surface area (Å²) in [7, 11) is -1.06. The second-order valence-corrected chi connectivity index (χ2v) is 6.16. The zero-order valence-electron chi connectivity index (χ0n) is 13.8. The van der Waals surface area contributed by atoms with E-state index in [0.717, 1.165) is 34.4 Å². The van der Waals surface area contributed by atoms with E-state index < -0.39 is 11.0 Å². The average Bonchev–Trinajstić information content (AvgIpc) is 2.46. The Labute approximate surface area is 136 Å². The standard InChI is InChI=1S/C19H25NOS/c1-6-8-10-18(15(3)4)19(9-7-2)16-11-13-17(14-12-16)20-22(5)21/h7-14,20H,3,6H2,1-2,4-5H3/b9-7?,10-8+,19-18+. The van der Waals surface area contributed by atoms with Crippen LogP contribution in [0.4, 0.5) is 5.69 Å². The lowest BCUT2D eigenvalue weighted by Gasteiger charge is -2.11. The maximum atomic E-state index is 11.2. The molecule has 0 heterocycles. The summed E-state index contributed by atoms with van der Waals surface area (Å²) in [5, 5.41) is 0. The van der Waals surface area contributed by atoms with Crippen LogP contribution >= 0.6 is 0 Å². The summed E-state index contributed by atoms with van der Waals surface area (Å²) >= 11 is 0. The molecule has 0 radical (unpaired) electrons. The van der Waals surface area contributed by atoms with E-state index in [0.29, 0.717) is 0 Å². The molecule has 118 valence electrons. The van der Waals surface area contributed by atoms with Gasteiger partial charge in [0.2, 0.25) is 0 Å². The molecule has 1 unspecified atom stereocenters. The quantitative estimate of drug-likeness (QED) is 0.683. The van der Waals surface area contributed by atoms with Gasteiger partial charge in [0.25, 0.3) is 0 Å². The van der Waals surface area contributed by atoms with Crippen LogP contribution in [0.1, 0.15) is 32.8 Å². The van der Waals surface area contributed by atoms with Crippen molar-refractivity contribution in [2.75, 3.05) is 11.0 Å². The van der Waals surface area contributed by atoms with Gasteiger partial charge >= 0.3 is 0 Å². The first kappa shape index (κ1) is 18.2. The highest BCUT2D eigenvalue weighted by Crippen LogP contribution is 2.27. The molecule has 1 aromatic carbocycles. The fourth-order valence-electron chi connectivity index (χ4n) is 2.09. The molecule has 0 bridgehead atoms. The summed E-state index contributed by atoms with van der Waals surface area (Å²) in [4.78, 5) is 0. The summed E-state index contributed by atoms with van der Waals surface area (Å²) in [5.74, 6) is 0. The lowest BCUT2D eigenvalue weighted by Crippen LogP contribution is -2.00. The van der Waals surface area contributed by atoms with Crippen molar-refractivity contribution < 1.29 is 4.21 Å². The van der Waals surface area contributed by atoms with Crippen LogP contribution in [-0.4, -0.2) is 10.5 Å². The molecule has 0 saturated heterocycles. The molecule has 1 N–H and O–H groups in total.